The van der Waals surface area contributed by atoms with Crippen LogP contribution in [0.3, 0.4) is 0 Å². The summed E-state index contributed by atoms with van der Waals surface area (Å²) in [6.07, 6.45) is 10.0. The largest absolute Gasteiger partial charge is 0.548 e. The van der Waals surface area contributed by atoms with Gasteiger partial charge in [-0.15, -0.1) is 0 Å². The lowest BCUT2D eigenvalue weighted by Crippen LogP contribution is -2.61. The average Bonchev–Trinajstić information content (AvgIpc) is 2.81. The molecule has 1 unspecified atom stereocenters. The number of rotatable bonds is 10. The molecule has 0 heterocycles. The fourth-order valence-corrected chi connectivity index (χ4v) is 5.95. The SMILES string of the molecule is CN(C)c1cccc2c(S(=O)(=O)CCCCCCC(N)C(=O)[O-])cccc12.[NH3+]C1CCCCC1. The highest BCUT2D eigenvalue weighted by atomic mass is 32.2. The third-order valence-electron chi connectivity index (χ3n) is 6.38. The molecule has 0 bridgehead atoms. The van der Waals surface area contributed by atoms with E-state index in [1.165, 1.54) is 32.1 Å². The van der Waals surface area contributed by atoms with Crippen LogP contribution >= 0.6 is 0 Å². The summed E-state index contributed by atoms with van der Waals surface area (Å²) >= 11 is 0. The van der Waals surface area contributed by atoms with Crippen molar-refractivity contribution in [3.8, 4) is 0 Å². The molecule has 190 valence electrons. The van der Waals surface area contributed by atoms with Crippen molar-refractivity contribution in [1.82, 2.24) is 0 Å². The molecule has 2 aromatic rings. The van der Waals surface area contributed by atoms with Gasteiger partial charge in [0.25, 0.3) is 0 Å². The summed E-state index contributed by atoms with van der Waals surface area (Å²) in [5.41, 5.74) is 10.4. The van der Waals surface area contributed by atoms with E-state index >= 15 is 0 Å². The highest BCUT2D eigenvalue weighted by Gasteiger charge is 2.18. The second kappa shape index (κ2) is 13.7. The van der Waals surface area contributed by atoms with Crippen LogP contribution in [0, 0.1) is 0 Å². The molecule has 7 nitrogen and oxygen atoms in total. The number of anilines is 1. The summed E-state index contributed by atoms with van der Waals surface area (Å²) in [5.74, 6) is -1.17. The number of nitrogens with zero attached hydrogens (tertiary/aromatic N) is 1. The molecule has 34 heavy (non-hydrogen) atoms. The molecule has 0 aliphatic heterocycles. The van der Waals surface area contributed by atoms with E-state index in [4.69, 9.17) is 5.73 Å². The molecule has 0 amide bonds. The fraction of sp³-hybridized carbons (Fsp3) is 0.577. The minimum Gasteiger partial charge on any atom is -0.548 e. The van der Waals surface area contributed by atoms with E-state index in [9.17, 15) is 18.3 Å². The predicted molar refractivity (Wildman–Crippen MR) is 136 cm³/mol. The van der Waals surface area contributed by atoms with Crippen molar-refractivity contribution in [3.05, 3.63) is 36.4 Å². The van der Waals surface area contributed by atoms with Crippen molar-refractivity contribution >= 4 is 32.3 Å². The minimum absolute atomic E-state index is 0.0743. The average molecular weight is 492 g/mol. The monoisotopic (exact) mass is 491 g/mol. The third-order valence-corrected chi connectivity index (χ3v) is 8.23. The van der Waals surface area contributed by atoms with Crippen molar-refractivity contribution < 1.29 is 24.1 Å². The van der Waals surface area contributed by atoms with Crippen LogP contribution in [0.4, 0.5) is 5.69 Å². The molecule has 3 rings (SSSR count). The fourth-order valence-electron chi connectivity index (χ4n) is 4.35. The van der Waals surface area contributed by atoms with E-state index in [1.807, 2.05) is 43.3 Å². The van der Waals surface area contributed by atoms with E-state index < -0.39 is 21.8 Å². The van der Waals surface area contributed by atoms with Crippen molar-refractivity contribution in [1.29, 1.82) is 0 Å². The van der Waals surface area contributed by atoms with E-state index in [1.54, 1.807) is 12.1 Å². The lowest BCUT2D eigenvalue weighted by molar-refractivity contribution is -0.425. The standard InChI is InChI=1S/C20H28N2O4S.C6H13N/c1-22(2)18-12-7-10-16-15(18)9-8-13-19(16)27(25,26)14-6-4-3-5-11-17(21)20(23)24;7-6-4-2-1-3-5-6/h7-10,12-13,17H,3-6,11,14,21H2,1-2H3,(H,23,24);6H,1-5,7H2. The molecule has 5 N–H and O–H groups in total. The maximum atomic E-state index is 12.8. The van der Waals surface area contributed by atoms with Gasteiger partial charge in [-0.1, -0.05) is 49.9 Å². The third kappa shape index (κ3) is 8.56. The van der Waals surface area contributed by atoms with E-state index in [0.717, 1.165) is 28.9 Å². The first-order valence-corrected chi connectivity index (χ1v) is 14.0. The zero-order chi connectivity index (χ0) is 25.1. The number of carbonyl (C=O) groups excluding carboxylic acids is 1. The molecule has 0 aromatic heterocycles. The Bertz CT molecular complexity index is 1020. The van der Waals surface area contributed by atoms with Gasteiger partial charge in [-0.05, 0) is 50.7 Å². The number of fused-ring (bicyclic) bond motifs is 1. The zero-order valence-corrected chi connectivity index (χ0v) is 21.5. The van der Waals surface area contributed by atoms with Crippen LogP contribution in [-0.2, 0) is 14.6 Å². The second-order valence-electron chi connectivity index (χ2n) is 9.47. The second-order valence-corrected chi connectivity index (χ2v) is 11.6. The summed E-state index contributed by atoms with van der Waals surface area (Å²) in [6, 6.07) is 10.9. The van der Waals surface area contributed by atoms with Gasteiger partial charge >= 0.3 is 0 Å². The smallest absolute Gasteiger partial charge is 0.178 e. The molecule has 0 radical (unpaired) electrons. The Morgan fingerprint density at radius 3 is 2.24 bits per heavy atom. The molecule has 2 aromatic carbocycles. The van der Waals surface area contributed by atoms with Gasteiger partial charge in [0, 0.05) is 36.6 Å². The lowest BCUT2D eigenvalue weighted by Gasteiger charge is -2.17. The molecule has 0 spiro atoms. The van der Waals surface area contributed by atoms with Crippen molar-refractivity contribution in [2.45, 2.75) is 81.2 Å². The first-order chi connectivity index (χ1) is 16.1. The van der Waals surface area contributed by atoms with Crippen LogP contribution in [0.15, 0.2) is 41.3 Å². The number of carboxylic acid groups (broad SMARTS) is 1. The highest BCUT2D eigenvalue weighted by Crippen LogP contribution is 2.31. The molecule has 1 aliphatic carbocycles. The zero-order valence-electron chi connectivity index (χ0n) is 20.7. The first kappa shape index (κ1) is 28.1. The van der Waals surface area contributed by atoms with Crippen LogP contribution in [0.1, 0.15) is 64.2 Å². The molecule has 1 saturated carbocycles. The molecule has 1 aliphatic rings. The first-order valence-electron chi connectivity index (χ1n) is 12.3. The van der Waals surface area contributed by atoms with Crippen molar-refractivity contribution in [2.75, 3.05) is 24.7 Å². The molecular formula is C26H41N3O4S. The topological polar surface area (TPSA) is 131 Å². The van der Waals surface area contributed by atoms with Crippen LogP contribution in [-0.4, -0.2) is 46.3 Å². The van der Waals surface area contributed by atoms with Crippen molar-refractivity contribution in [3.63, 3.8) is 0 Å². The van der Waals surface area contributed by atoms with Gasteiger partial charge in [-0.25, -0.2) is 8.42 Å². The number of carbonyl (C=O) groups is 1. The van der Waals surface area contributed by atoms with E-state index in [0.29, 0.717) is 30.6 Å². The molecule has 1 atom stereocenters. The Morgan fingerprint density at radius 1 is 1.03 bits per heavy atom. The van der Waals surface area contributed by atoms with E-state index in [-0.39, 0.29) is 5.75 Å². The number of hydrogen-bond donors (Lipinski definition) is 2. The molecule has 1 fully saturated rings. The van der Waals surface area contributed by atoms with Gasteiger partial charge < -0.3 is 26.3 Å². The van der Waals surface area contributed by atoms with Gasteiger partial charge in [-0.2, -0.15) is 0 Å². The van der Waals surface area contributed by atoms with Crippen molar-refractivity contribution in [2.24, 2.45) is 5.73 Å². The number of benzene rings is 2. The van der Waals surface area contributed by atoms with Crippen LogP contribution in [0.2, 0.25) is 0 Å². The number of aliphatic carboxylic acids is 1. The number of sulfone groups is 1. The summed E-state index contributed by atoms with van der Waals surface area (Å²) in [5, 5.41) is 12.2. The molecular weight excluding hydrogens is 450 g/mol. The van der Waals surface area contributed by atoms with Gasteiger partial charge in [-0.3, -0.25) is 0 Å². The van der Waals surface area contributed by atoms with Gasteiger partial charge in [0.2, 0.25) is 0 Å². The van der Waals surface area contributed by atoms with Crippen LogP contribution < -0.4 is 21.5 Å². The molecule has 8 heteroatoms. The minimum atomic E-state index is -3.39. The Labute approximate surface area is 204 Å². The van der Waals surface area contributed by atoms with Gasteiger partial charge in [0.05, 0.1) is 22.7 Å². The lowest BCUT2D eigenvalue weighted by atomic mass is 9.97. The Morgan fingerprint density at radius 2 is 1.65 bits per heavy atom. The Hall–Kier alpha value is -2.16. The maximum Gasteiger partial charge on any atom is 0.178 e. The molecule has 0 saturated heterocycles. The maximum absolute atomic E-state index is 12.8. The summed E-state index contributed by atoms with van der Waals surface area (Å²) in [4.78, 5) is 12.9. The Balaban J connectivity index is 0.000000497. The predicted octanol–water partition coefficient (Wildman–Crippen LogP) is 2.27. The summed E-state index contributed by atoms with van der Waals surface area (Å²) in [6.45, 7) is 0. The summed E-state index contributed by atoms with van der Waals surface area (Å²) in [7, 11) is 0.472. The Kier molecular flexibility index (Phi) is 11.3. The number of nitrogens with two attached hydrogens (primary N) is 1. The van der Waals surface area contributed by atoms with Crippen LogP contribution in [0.5, 0.6) is 0 Å². The summed E-state index contributed by atoms with van der Waals surface area (Å²) < 4.78 is 25.7. The van der Waals surface area contributed by atoms with Gasteiger partial charge in [0.1, 0.15) is 0 Å². The quantitative estimate of drug-likeness (QED) is 0.490. The highest BCUT2D eigenvalue weighted by molar-refractivity contribution is 7.91. The number of unbranched alkanes of at least 4 members (excludes halogenated alkanes) is 3. The number of quaternary nitrogens is 1. The number of hydrogen-bond acceptors (Lipinski definition) is 6. The normalized spacial score (nSPS) is 15.4. The van der Waals surface area contributed by atoms with E-state index in [2.05, 4.69) is 5.73 Å². The number of carboxylic acids is 1. The van der Waals surface area contributed by atoms with Gasteiger partial charge in [0.15, 0.2) is 9.84 Å². The van der Waals surface area contributed by atoms with Crippen LogP contribution in [0.25, 0.3) is 10.8 Å².